The molecule has 0 bridgehead atoms. The molecule has 2 heteroatoms. The first-order chi connectivity index (χ1) is 11.6. The van der Waals surface area contributed by atoms with Gasteiger partial charge in [-0.05, 0) is 35.4 Å². The van der Waals surface area contributed by atoms with E-state index in [1.807, 2.05) is 24.3 Å². The smallest absolute Gasteiger partial charge is 0.142 e. The number of ether oxygens (including phenoxy) is 1. The van der Waals surface area contributed by atoms with E-state index in [0.717, 1.165) is 17.1 Å². The minimum Gasteiger partial charge on any atom is -0.495 e. The lowest BCUT2D eigenvalue weighted by atomic mass is 9.78. The molecule has 0 saturated carbocycles. The summed E-state index contributed by atoms with van der Waals surface area (Å²) in [4.78, 5) is 0. The van der Waals surface area contributed by atoms with Crippen LogP contribution in [0.3, 0.4) is 0 Å². The molecule has 24 heavy (non-hydrogen) atoms. The van der Waals surface area contributed by atoms with E-state index in [-0.39, 0.29) is 5.41 Å². The van der Waals surface area contributed by atoms with Crippen molar-refractivity contribution >= 4 is 11.4 Å². The number of hydrogen-bond acceptors (Lipinski definition) is 2. The number of benzene rings is 3. The van der Waals surface area contributed by atoms with E-state index in [2.05, 4.69) is 73.8 Å². The first-order valence-electron chi connectivity index (χ1n) is 8.17. The molecule has 0 saturated heterocycles. The highest BCUT2D eigenvalue weighted by Gasteiger charge is 2.24. The van der Waals surface area contributed by atoms with E-state index < -0.39 is 0 Å². The van der Waals surface area contributed by atoms with Gasteiger partial charge in [0.25, 0.3) is 0 Å². The van der Waals surface area contributed by atoms with Gasteiger partial charge in [-0.25, -0.2) is 0 Å². The average Bonchev–Trinajstić information content (AvgIpc) is 2.63. The van der Waals surface area contributed by atoms with Crippen molar-refractivity contribution in [2.24, 2.45) is 0 Å². The largest absolute Gasteiger partial charge is 0.495 e. The number of para-hydroxylation sites is 1. The SMILES string of the molecule is COc1ccc(C(C)(C)c2ccccc2)cc1Nc1ccccc1. The van der Waals surface area contributed by atoms with E-state index in [1.54, 1.807) is 7.11 Å². The summed E-state index contributed by atoms with van der Waals surface area (Å²) in [5.74, 6) is 0.839. The number of rotatable bonds is 5. The Hall–Kier alpha value is -2.74. The molecule has 0 aliphatic rings. The van der Waals surface area contributed by atoms with Crippen LogP contribution in [0.15, 0.2) is 78.9 Å². The maximum atomic E-state index is 5.53. The monoisotopic (exact) mass is 317 g/mol. The molecule has 3 rings (SSSR count). The molecule has 3 aromatic rings. The third-order valence-corrected chi connectivity index (χ3v) is 4.47. The van der Waals surface area contributed by atoms with Crippen LogP contribution in [0.1, 0.15) is 25.0 Å². The van der Waals surface area contributed by atoms with Crippen LogP contribution >= 0.6 is 0 Å². The molecule has 0 unspecified atom stereocenters. The summed E-state index contributed by atoms with van der Waals surface area (Å²) in [6.07, 6.45) is 0. The maximum absolute atomic E-state index is 5.53. The molecular formula is C22H23NO. The predicted molar refractivity (Wildman–Crippen MR) is 101 cm³/mol. The average molecular weight is 317 g/mol. The summed E-state index contributed by atoms with van der Waals surface area (Å²) in [5.41, 5.74) is 4.48. The van der Waals surface area contributed by atoms with Gasteiger partial charge < -0.3 is 10.1 Å². The number of nitrogens with one attached hydrogen (secondary N) is 1. The summed E-state index contributed by atoms with van der Waals surface area (Å²) < 4.78 is 5.53. The summed E-state index contributed by atoms with van der Waals surface area (Å²) in [5, 5.41) is 3.46. The summed E-state index contributed by atoms with van der Waals surface area (Å²) in [6, 6.07) is 27.1. The fourth-order valence-electron chi connectivity index (χ4n) is 2.89. The number of hydrogen-bond donors (Lipinski definition) is 1. The Morgan fingerprint density at radius 2 is 1.38 bits per heavy atom. The van der Waals surface area contributed by atoms with Gasteiger partial charge in [0.15, 0.2) is 0 Å². The van der Waals surface area contributed by atoms with Gasteiger partial charge in [-0.1, -0.05) is 68.4 Å². The van der Waals surface area contributed by atoms with Crippen LogP contribution < -0.4 is 10.1 Å². The summed E-state index contributed by atoms with van der Waals surface area (Å²) >= 11 is 0. The second-order valence-electron chi connectivity index (χ2n) is 6.40. The van der Waals surface area contributed by atoms with Gasteiger partial charge in [-0.2, -0.15) is 0 Å². The van der Waals surface area contributed by atoms with Gasteiger partial charge in [0.05, 0.1) is 12.8 Å². The predicted octanol–water partition coefficient (Wildman–Crippen LogP) is 5.76. The van der Waals surface area contributed by atoms with Gasteiger partial charge in [0.2, 0.25) is 0 Å². The second-order valence-corrected chi connectivity index (χ2v) is 6.40. The third kappa shape index (κ3) is 3.28. The Morgan fingerprint density at radius 3 is 2.00 bits per heavy atom. The highest BCUT2D eigenvalue weighted by atomic mass is 16.5. The lowest BCUT2D eigenvalue weighted by Gasteiger charge is -2.27. The van der Waals surface area contributed by atoms with Crippen LogP contribution in [0.4, 0.5) is 11.4 Å². The quantitative estimate of drug-likeness (QED) is 0.645. The fraction of sp³-hybridized carbons (Fsp3) is 0.182. The highest BCUT2D eigenvalue weighted by Crippen LogP contribution is 2.36. The molecule has 3 aromatic carbocycles. The zero-order chi connectivity index (χ0) is 17.0. The highest BCUT2D eigenvalue weighted by molar-refractivity contribution is 5.68. The molecule has 0 fully saturated rings. The van der Waals surface area contributed by atoms with Crippen molar-refractivity contribution in [3.8, 4) is 5.75 Å². The molecule has 0 amide bonds. The lowest BCUT2D eigenvalue weighted by molar-refractivity contribution is 0.416. The van der Waals surface area contributed by atoms with E-state index in [0.29, 0.717) is 0 Å². The number of methoxy groups -OCH3 is 1. The molecule has 0 heterocycles. The van der Waals surface area contributed by atoms with Crippen LogP contribution in [0, 0.1) is 0 Å². The third-order valence-electron chi connectivity index (χ3n) is 4.47. The summed E-state index contributed by atoms with van der Waals surface area (Å²) in [6.45, 7) is 4.49. The second kappa shape index (κ2) is 6.79. The van der Waals surface area contributed by atoms with Gasteiger partial charge in [0, 0.05) is 11.1 Å². The Balaban J connectivity index is 2.00. The van der Waals surface area contributed by atoms with E-state index in [4.69, 9.17) is 4.74 Å². The Bertz CT molecular complexity index is 795. The van der Waals surface area contributed by atoms with Gasteiger partial charge >= 0.3 is 0 Å². The molecule has 1 N–H and O–H groups in total. The van der Waals surface area contributed by atoms with E-state index in [9.17, 15) is 0 Å². The molecule has 0 aromatic heterocycles. The molecular weight excluding hydrogens is 294 g/mol. The Kier molecular flexibility index (Phi) is 4.57. The maximum Gasteiger partial charge on any atom is 0.142 e. The minimum atomic E-state index is -0.0827. The van der Waals surface area contributed by atoms with Crippen LogP contribution in [0.25, 0.3) is 0 Å². The zero-order valence-electron chi connectivity index (χ0n) is 14.4. The minimum absolute atomic E-state index is 0.0827. The fourth-order valence-corrected chi connectivity index (χ4v) is 2.89. The molecule has 0 radical (unpaired) electrons. The molecule has 122 valence electrons. The first kappa shape index (κ1) is 16.1. The normalized spacial score (nSPS) is 11.1. The van der Waals surface area contributed by atoms with Crippen molar-refractivity contribution in [1.29, 1.82) is 0 Å². The van der Waals surface area contributed by atoms with Crippen molar-refractivity contribution in [1.82, 2.24) is 0 Å². The zero-order valence-corrected chi connectivity index (χ0v) is 14.4. The molecule has 2 nitrogen and oxygen atoms in total. The van der Waals surface area contributed by atoms with Crippen LogP contribution in [-0.4, -0.2) is 7.11 Å². The van der Waals surface area contributed by atoms with Crippen LogP contribution in [-0.2, 0) is 5.41 Å². The Morgan fingerprint density at radius 1 is 0.750 bits per heavy atom. The standard InChI is InChI=1S/C22H23NO/c1-22(2,17-10-6-4-7-11-17)18-14-15-21(24-3)20(16-18)23-19-12-8-5-9-13-19/h4-16,23H,1-3H3. The lowest BCUT2D eigenvalue weighted by Crippen LogP contribution is -2.19. The molecule has 0 aliphatic carbocycles. The van der Waals surface area contributed by atoms with Gasteiger partial charge in [-0.3, -0.25) is 0 Å². The molecule has 0 aliphatic heterocycles. The van der Waals surface area contributed by atoms with Crippen molar-refractivity contribution in [2.45, 2.75) is 19.3 Å². The van der Waals surface area contributed by atoms with Crippen LogP contribution in [0.2, 0.25) is 0 Å². The number of anilines is 2. The van der Waals surface area contributed by atoms with Crippen molar-refractivity contribution in [3.05, 3.63) is 90.0 Å². The van der Waals surface area contributed by atoms with Crippen molar-refractivity contribution < 1.29 is 4.74 Å². The summed E-state index contributed by atoms with van der Waals surface area (Å²) in [7, 11) is 1.70. The first-order valence-corrected chi connectivity index (χ1v) is 8.17. The van der Waals surface area contributed by atoms with Crippen LogP contribution in [0.5, 0.6) is 5.75 Å². The molecule has 0 spiro atoms. The van der Waals surface area contributed by atoms with E-state index in [1.165, 1.54) is 11.1 Å². The Labute approximate surface area is 144 Å². The van der Waals surface area contributed by atoms with Gasteiger partial charge in [0.1, 0.15) is 5.75 Å². The van der Waals surface area contributed by atoms with E-state index >= 15 is 0 Å². The van der Waals surface area contributed by atoms with Crippen molar-refractivity contribution in [2.75, 3.05) is 12.4 Å². The van der Waals surface area contributed by atoms with Crippen molar-refractivity contribution in [3.63, 3.8) is 0 Å². The topological polar surface area (TPSA) is 21.3 Å². The van der Waals surface area contributed by atoms with Gasteiger partial charge in [-0.15, -0.1) is 0 Å². The molecule has 0 atom stereocenters.